The number of carbonyl (C=O) groups excluding carboxylic acids is 1. The average Bonchev–Trinajstić information content (AvgIpc) is 3.15. The third kappa shape index (κ3) is 3.08. The van der Waals surface area contributed by atoms with Crippen LogP contribution in [0.15, 0.2) is 54.9 Å². The van der Waals surface area contributed by atoms with Crippen LogP contribution in [0.4, 0.5) is 5.69 Å². The zero-order chi connectivity index (χ0) is 16.9. The quantitative estimate of drug-likeness (QED) is 0.755. The Hall–Kier alpha value is -3.28. The van der Waals surface area contributed by atoms with Crippen molar-refractivity contribution in [3.8, 4) is 22.9 Å². The minimum atomic E-state index is -0.305. The van der Waals surface area contributed by atoms with Gasteiger partial charge in [0.25, 0.3) is 5.91 Å². The molecule has 1 amide bonds. The van der Waals surface area contributed by atoms with Crippen LogP contribution >= 0.6 is 0 Å². The summed E-state index contributed by atoms with van der Waals surface area (Å²) in [6, 6.07) is 12.6. The van der Waals surface area contributed by atoms with Crippen LogP contribution in [0.3, 0.4) is 0 Å². The highest BCUT2D eigenvalue weighted by Gasteiger charge is 2.18. The predicted molar refractivity (Wildman–Crippen MR) is 91.5 cm³/mol. The molecular weight excluding hydrogens is 306 g/mol. The van der Waals surface area contributed by atoms with Gasteiger partial charge in [-0.15, -0.1) is 0 Å². The Morgan fingerprint density at radius 1 is 1.08 bits per heavy atom. The van der Waals surface area contributed by atoms with Gasteiger partial charge in [-0.2, -0.15) is 0 Å². The molecule has 0 aliphatic carbocycles. The van der Waals surface area contributed by atoms with Crippen molar-refractivity contribution in [2.45, 2.75) is 0 Å². The first-order chi connectivity index (χ1) is 11.7. The zero-order valence-corrected chi connectivity index (χ0v) is 13.4. The van der Waals surface area contributed by atoms with Gasteiger partial charge in [0.2, 0.25) is 0 Å². The van der Waals surface area contributed by atoms with E-state index in [1.165, 1.54) is 14.2 Å². The molecule has 122 valence electrons. The Morgan fingerprint density at radius 2 is 1.79 bits per heavy atom. The molecule has 0 atom stereocenters. The molecule has 0 aliphatic rings. The highest BCUT2D eigenvalue weighted by atomic mass is 16.5. The first kappa shape index (κ1) is 15.6. The number of aromatic amines is 1. The first-order valence-corrected chi connectivity index (χ1v) is 7.35. The zero-order valence-electron chi connectivity index (χ0n) is 13.4. The number of nitrogens with one attached hydrogen (secondary N) is 2. The van der Waals surface area contributed by atoms with E-state index in [0.29, 0.717) is 22.7 Å². The van der Waals surface area contributed by atoms with Crippen molar-refractivity contribution >= 4 is 11.6 Å². The van der Waals surface area contributed by atoms with Crippen LogP contribution in [-0.4, -0.2) is 30.1 Å². The number of benzene rings is 2. The lowest BCUT2D eigenvalue weighted by Gasteiger charge is -2.13. The topological polar surface area (TPSA) is 76.2 Å². The van der Waals surface area contributed by atoms with Crippen molar-refractivity contribution < 1.29 is 14.3 Å². The maximum Gasteiger partial charge on any atom is 0.263 e. The maximum absolute atomic E-state index is 12.7. The molecule has 2 aromatic carbocycles. The van der Waals surface area contributed by atoms with E-state index in [1.807, 2.05) is 24.3 Å². The number of hydrogen-bond donors (Lipinski definition) is 2. The Balaban J connectivity index is 1.90. The van der Waals surface area contributed by atoms with E-state index in [-0.39, 0.29) is 5.91 Å². The highest BCUT2D eigenvalue weighted by Crippen LogP contribution is 2.29. The molecule has 0 saturated heterocycles. The second-order valence-electron chi connectivity index (χ2n) is 5.01. The molecule has 2 N–H and O–H groups in total. The number of hydrogen-bond acceptors (Lipinski definition) is 4. The van der Waals surface area contributed by atoms with E-state index >= 15 is 0 Å². The fourth-order valence-electron chi connectivity index (χ4n) is 2.44. The fourth-order valence-corrected chi connectivity index (χ4v) is 2.44. The van der Waals surface area contributed by atoms with Gasteiger partial charge < -0.3 is 19.8 Å². The van der Waals surface area contributed by atoms with Crippen LogP contribution in [0.2, 0.25) is 0 Å². The number of aromatic nitrogens is 2. The van der Waals surface area contributed by atoms with Crippen molar-refractivity contribution in [2.24, 2.45) is 0 Å². The standard InChI is InChI=1S/C18H17N3O3/c1-23-14-7-4-8-15(24-2)16(14)18(22)21-13-6-3-5-12(11-13)17-19-9-10-20-17/h3-11H,1-2H3,(H,19,20)(H,21,22). The lowest BCUT2D eigenvalue weighted by molar-refractivity contribution is 0.102. The minimum Gasteiger partial charge on any atom is -0.496 e. The number of nitrogens with zero attached hydrogens (tertiary/aromatic N) is 1. The summed E-state index contributed by atoms with van der Waals surface area (Å²) in [4.78, 5) is 19.9. The Bertz CT molecular complexity index is 822. The second kappa shape index (κ2) is 6.87. The SMILES string of the molecule is COc1cccc(OC)c1C(=O)Nc1cccc(-c2ncc[nH]2)c1. The minimum absolute atomic E-state index is 0.305. The molecule has 0 aliphatic heterocycles. The number of rotatable bonds is 5. The van der Waals surface area contributed by atoms with Crippen LogP contribution in [-0.2, 0) is 0 Å². The molecule has 24 heavy (non-hydrogen) atoms. The molecule has 0 unspecified atom stereocenters. The lowest BCUT2D eigenvalue weighted by Crippen LogP contribution is -2.14. The van der Waals surface area contributed by atoms with E-state index in [4.69, 9.17) is 9.47 Å². The molecule has 0 fully saturated rings. The smallest absolute Gasteiger partial charge is 0.263 e. The Kier molecular flexibility index (Phi) is 4.47. The molecule has 0 radical (unpaired) electrons. The number of H-pyrrole nitrogens is 1. The summed E-state index contributed by atoms with van der Waals surface area (Å²) in [6.45, 7) is 0. The highest BCUT2D eigenvalue weighted by molar-refractivity contribution is 6.08. The van der Waals surface area contributed by atoms with Gasteiger partial charge in [0.15, 0.2) is 0 Å². The van der Waals surface area contributed by atoms with Gasteiger partial charge in [-0.1, -0.05) is 18.2 Å². The number of carbonyl (C=O) groups is 1. The fraction of sp³-hybridized carbons (Fsp3) is 0.111. The van der Waals surface area contributed by atoms with Crippen molar-refractivity contribution in [3.05, 3.63) is 60.4 Å². The second-order valence-corrected chi connectivity index (χ2v) is 5.01. The van der Waals surface area contributed by atoms with Gasteiger partial charge in [0, 0.05) is 23.6 Å². The van der Waals surface area contributed by atoms with Gasteiger partial charge in [0.1, 0.15) is 22.9 Å². The van der Waals surface area contributed by atoms with E-state index < -0.39 is 0 Å². The first-order valence-electron chi connectivity index (χ1n) is 7.35. The van der Waals surface area contributed by atoms with Crippen molar-refractivity contribution in [3.63, 3.8) is 0 Å². The van der Waals surface area contributed by atoms with E-state index in [2.05, 4.69) is 15.3 Å². The van der Waals surface area contributed by atoms with Gasteiger partial charge >= 0.3 is 0 Å². The largest absolute Gasteiger partial charge is 0.496 e. The molecular formula is C18H17N3O3. The van der Waals surface area contributed by atoms with Gasteiger partial charge in [-0.25, -0.2) is 4.98 Å². The van der Waals surface area contributed by atoms with Crippen LogP contribution in [0.25, 0.3) is 11.4 Å². The molecule has 6 heteroatoms. The molecule has 0 bridgehead atoms. The average molecular weight is 323 g/mol. The summed E-state index contributed by atoms with van der Waals surface area (Å²) >= 11 is 0. The molecule has 6 nitrogen and oxygen atoms in total. The molecule has 0 saturated carbocycles. The van der Waals surface area contributed by atoms with Crippen LogP contribution in [0.5, 0.6) is 11.5 Å². The molecule has 3 rings (SSSR count). The summed E-state index contributed by atoms with van der Waals surface area (Å²) in [5, 5.41) is 2.87. The maximum atomic E-state index is 12.7. The molecule has 3 aromatic rings. The molecule has 1 heterocycles. The number of ether oxygens (including phenoxy) is 2. The van der Waals surface area contributed by atoms with Gasteiger partial charge in [0.05, 0.1) is 14.2 Å². The summed E-state index contributed by atoms with van der Waals surface area (Å²) < 4.78 is 10.5. The number of anilines is 1. The third-order valence-electron chi connectivity index (χ3n) is 3.55. The van der Waals surface area contributed by atoms with Crippen molar-refractivity contribution in [1.29, 1.82) is 0 Å². The normalized spacial score (nSPS) is 10.2. The number of methoxy groups -OCH3 is 2. The third-order valence-corrected chi connectivity index (χ3v) is 3.55. The Morgan fingerprint density at radius 3 is 2.42 bits per heavy atom. The molecule has 0 spiro atoms. The van der Waals surface area contributed by atoms with Crippen molar-refractivity contribution in [1.82, 2.24) is 9.97 Å². The van der Waals surface area contributed by atoms with Crippen LogP contribution in [0.1, 0.15) is 10.4 Å². The number of imidazole rings is 1. The van der Waals surface area contributed by atoms with E-state index in [9.17, 15) is 4.79 Å². The lowest BCUT2D eigenvalue weighted by atomic mass is 10.1. The van der Waals surface area contributed by atoms with Gasteiger partial charge in [-0.05, 0) is 24.3 Å². The summed E-state index contributed by atoms with van der Waals surface area (Å²) in [6.07, 6.45) is 3.43. The number of amides is 1. The van der Waals surface area contributed by atoms with E-state index in [1.54, 1.807) is 30.6 Å². The van der Waals surface area contributed by atoms with Gasteiger partial charge in [-0.3, -0.25) is 4.79 Å². The summed E-state index contributed by atoms with van der Waals surface area (Å²) in [5.41, 5.74) is 1.89. The molecule has 1 aromatic heterocycles. The predicted octanol–water partition coefficient (Wildman–Crippen LogP) is 3.35. The Labute approximate surface area is 139 Å². The van der Waals surface area contributed by atoms with E-state index in [0.717, 1.165) is 11.4 Å². The summed E-state index contributed by atoms with van der Waals surface area (Å²) in [5.74, 6) is 1.34. The summed E-state index contributed by atoms with van der Waals surface area (Å²) in [7, 11) is 3.03. The van der Waals surface area contributed by atoms with Crippen LogP contribution < -0.4 is 14.8 Å². The van der Waals surface area contributed by atoms with Crippen molar-refractivity contribution in [2.75, 3.05) is 19.5 Å². The van der Waals surface area contributed by atoms with Crippen LogP contribution in [0, 0.1) is 0 Å². The monoisotopic (exact) mass is 323 g/mol.